The Bertz CT molecular complexity index is 699. The number of benzene rings is 1. The van der Waals surface area contributed by atoms with E-state index in [4.69, 9.17) is 26.2 Å². The molecule has 0 amide bonds. The number of halogens is 1. The van der Waals surface area contributed by atoms with Crippen molar-refractivity contribution in [2.75, 3.05) is 0 Å². The summed E-state index contributed by atoms with van der Waals surface area (Å²) < 4.78 is 11.0. The molecule has 0 radical (unpaired) electrons. The molecule has 1 unspecified atom stereocenters. The summed E-state index contributed by atoms with van der Waals surface area (Å²) in [5.74, 6) is 1.26. The van der Waals surface area contributed by atoms with Crippen molar-refractivity contribution in [1.29, 1.82) is 0 Å². The zero-order valence-electron chi connectivity index (χ0n) is 9.81. The Labute approximate surface area is 109 Å². The molecular formula is C14H12ClNO2. The van der Waals surface area contributed by atoms with Crippen molar-refractivity contribution >= 4 is 22.6 Å². The van der Waals surface area contributed by atoms with Gasteiger partial charge in [0.05, 0.1) is 0 Å². The van der Waals surface area contributed by atoms with Crippen LogP contribution >= 0.6 is 11.6 Å². The van der Waals surface area contributed by atoms with Gasteiger partial charge in [0.2, 0.25) is 0 Å². The van der Waals surface area contributed by atoms with Gasteiger partial charge in [-0.1, -0.05) is 11.6 Å². The Morgan fingerprint density at radius 2 is 1.89 bits per heavy atom. The van der Waals surface area contributed by atoms with Crippen molar-refractivity contribution < 1.29 is 8.83 Å². The molecular weight excluding hydrogens is 250 g/mol. The fraction of sp³-hybridized carbons (Fsp3) is 0.143. The van der Waals surface area contributed by atoms with E-state index in [2.05, 4.69) is 6.07 Å². The SMILES string of the molecule is Cc1ccc2oc(C(N)c3ccc(Cl)o3)cc2c1. The third-order valence-electron chi connectivity index (χ3n) is 2.90. The number of rotatable bonds is 2. The van der Waals surface area contributed by atoms with Gasteiger partial charge in [0, 0.05) is 5.39 Å². The van der Waals surface area contributed by atoms with E-state index in [9.17, 15) is 0 Å². The van der Waals surface area contributed by atoms with Gasteiger partial charge < -0.3 is 14.6 Å². The summed E-state index contributed by atoms with van der Waals surface area (Å²) in [5, 5.41) is 1.37. The summed E-state index contributed by atoms with van der Waals surface area (Å²) in [7, 11) is 0. The van der Waals surface area contributed by atoms with Gasteiger partial charge in [-0.3, -0.25) is 0 Å². The molecule has 0 spiro atoms. The first kappa shape index (κ1) is 11.4. The molecule has 2 aromatic heterocycles. The lowest BCUT2D eigenvalue weighted by molar-refractivity contribution is 0.446. The lowest BCUT2D eigenvalue weighted by Gasteiger charge is -2.03. The average molecular weight is 262 g/mol. The van der Waals surface area contributed by atoms with E-state index in [0.29, 0.717) is 16.7 Å². The van der Waals surface area contributed by atoms with Crippen molar-refractivity contribution in [3.8, 4) is 0 Å². The molecule has 0 saturated heterocycles. The molecule has 0 fully saturated rings. The topological polar surface area (TPSA) is 52.3 Å². The first-order chi connectivity index (χ1) is 8.63. The van der Waals surface area contributed by atoms with Gasteiger partial charge in [-0.05, 0) is 48.9 Å². The lowest BCUT2D eigenvalue weighted by Crippen LogP contribution is -2.09. The molecule has 3 nitrogen and oxygen atoms in total. The van der Waals surface area contributed by atoms with Crippen LogP contribution in [0.15, 0.2) is 45.2 Å². The second-order valence-electron chi connectivity index (χ2n) is 4.31. The van der Waals surface area contributed by atoms with Crippen LogP contribution in [0.1, 0.15) is 23.1 Å². The minimum absolute atomic E-state index is 0.326. The maximum Gasteiger partial charge on any atom is 0.193 e. The van der Waals surface area contributed by atoms with Crippen LogP contribution in [0.25, 0.3) is 11.0 Å². The van der Waals surface area contributed by atoms with Crippen molar-refractivity contribution in [2.45, 2.75) is 13.0 Å². The Morgan fingerprint density at radius 3 is 2.61 bits per heavy atom. The molecule has 2 N–H and O–H groups in total. The molecule has 4 heteroatoms. The predicted molar refractivity (Wildman–Crippen MR) is 70.7 cm³/mol. The highest BCUT2D eigenvalue weighted by Crippen LogP contribution is 2.29. The number of furan rings is 2. The molecule has 0 saturated carbocycles. The maximum absolute atomic E-state index is 6.09. The predicted octanol–water partition coefficient (Wildman–Crippen LogP) is 4.04. The zero-order valence-corrected chi connectivity index (χ0v) is 10.6. The molecule has 3 rings (SSSR count). The summed E-state index contributed by atoms with van der Waals surface area (Å²) in [6.07, 6.45) is 0. The molecule has 0 bridgehead atoms. The molecule has 1 atom stereocenters. The smallest absolute Gasteiger partial charge is 0.193 e. The van der Waals surface area contributed by atoms with Crippen molar-refractivity contribution in [1.82, 2.24) is 0 Å². The van der Waals surface area contributed by atoms with E-state index in [1.807, 2.05) is 25.1 Å². The molecule has 0 aliphatic carbocycles. The van der Waals surface area contributed by atoms with Crippen molar-refractivity contribution in [3.63, 3.8) is 0 Å². The van der Waals surface area contributed by atoms with Gasteiger partial charge in [0.1, 0.15) is 23.1 Å². The highest BCUT2D eigenvalue weighted by atomic mass is 35.5. The fourth-order valence-corrected chi connectivity index (χ4v) is 2.12. The third-order valence-corrected chi connectivity index (χ3v) is 3.10. The number of hydrogen-bond acceptors (Lipinski definition) is 3. The Balaban J connectivity index is 2.03. The zero-order chi connectivity index (χ0) is 12.7. The van der Waals surface area contributed by atoms with Crippen LogP contribution in [-0.4, -0.2) is 0 Å². The Morgan fingerprint density at radius 1 is 1.06 bits per heavy atom. The van der Waals surface area contributed by atoms with Crippen LogP contribution < -0.4 is 5.73 Å². The Hall–Kier alpha value is -1.71. The summed E-state index contributed by atoms with van der Waals surface area (Å²) >= 11 is 5.74. The fourth-order valence-electron chi connectivity index (χ4n) is 1.97. The summed E-state index contributed by atoms with van der Waals surface area (Å²) in [6, 6.07) is 10.9. The molecule has 92 valence electrons. The summed E-state index contributed by atoms with van der Waals surface area (Å²) in [4.78, 5) is 0. The van der Waals surface area contributed by atoms with Crippen LogP contribution in [-0.2, 0) is 0 Å². The molecule has 3 aromatic rings. The van der Waals surface area contributed by atoms with E-state index in [1.54, 1.807) is 12.1 Å². The minimum atomic E-state index is -0.440. The highest BCUT2D eigenvalue weighted by Gasteiger charge is 2.17. The van der Waals surface area contributed by atoms with E-state index in [1.165, 1.54) is 5.56 Å². The van der Waals surface area contributed by atoms with Gasteiger partial charge >= 0.3 is 0 Å². The average Bonchev–Trinajstić information content (AvgIpc) is 2.93. The van der Waals surface area contributed by atoms with E-state index >= 15 is 0 Å². The number of aryl methyl sites for hydroxylation is 1. The van der Waals surface area contributed by atoms with Crippen molar-refractivity contribution in [3.05, 3.63) is 58.7 Å². The number of fused-ring (bicyclic) bond motifs is 1. The van der Waals surface area contributed by atoms with Crippen LogP contribution in [0.5, 0.6) is 0 Å². The van der Waals surface area contributed by atoms with E-state index < -0.39 is 6.04 Å². The molecule has 0 aliphatic rings. The molecule has 1 aromatic carbocycles. The van der Waals surface area contributed by atoms with Gasteiger partial charge in [0.25, 0.3) is 0 Å². The molecule has 0 aliphatic heterocycles. The van der Waals surface area contributed by atoms with Crippen LogP contribution in [0, 0.1) is 6.92 Å². The van der Waals surface area contributed by atoms with Gasteiger partial charge in [0.15, 0.2) is 5.22 Å². The molecule has 18 heavy (non-hydrogen) atoms. The lowest BCUT2D eigenvalue weighted by atomic mass is 10.1. The van der Waals surface area contributed by atoms with Crippen LogP contribution in [0.4, 0.5) is 0 Å². The number of hydrogen-bond donors (Lipinski definition) is 1. The quantitative estimate of drug-likeness (QED) is 0.757. The summed E-state index contributed by atoms with van der Waals surface area (Å²) in [6.45, 7) is 2.04. The van der Waals surface area contributed by atoms with E-state index in [0.717, 1.165) is 11.0 Å². The van der Waals surface area contributed by atoms with Gasteiger partial charge in [-0.15, -0.1) is 0 Å². The van der Waals surface area contributed by atoms with Crippen LogP contribution in [0.2, 0.25) is 5.22 Å². The molecule has 2 heterocycles. The van der Waals surface area contributed by atoms with Crippen molar-refractivity contribution in [2.24, 2.45) is 5.73 Å². The second-order valence-corrected chi connectivity index (χ2v) is 4.68. The number of nitrogens with two attached hydrogens (primary N) is 1. The summed E-state index contributed by atoms with van der Waals surface area (Å²) in [5.41, 5.74) is 8.09. The van der Waals surface area contributed by atoms with E-state index in [-0.39, 0.29) is 0 Å². The minimum Gasteiger partial charge on any atom is -0.459 e. The monoisotopic (exact) mass is 261 g/mol. The van der Waals surface area contributed by atoms with Crippen LogP contribution in [0.3, 0.4) is 0 Å². The standard InChI is InChI=1S/C14H12ClNO2/c1-8-2-3-10-9(6-8)7-12(17-10)14(16)11-4-5-13(15)18-11/h2-7,14H,16H2,1H3. The first-order valence-electron chi connectivity index (χ1n) is 5.64. The Kier molecular flexibility index (Phi) is 2.65. The van der Waals surface area contributed by atoms with Gasteiger partial charge in [-0.2, -0.15) is 0 Å². The normalized spacial score (nSPS) is 13.1. The second kappa shape index (κ2) is 4.19. The maximum atomic E-state index is 6.09. The first-order valence-corrected chi connectivity index (χ1v) is 6.02. The van der Waals surface area contributed by atoms with Gasteiger partial charge in [-0.25, -0.2) is 0 Å². The highest BCUT2D eigenvalue weighted by molar-refractivity contribution is 6.28. The third kappa shape index (κ3) is 1.92. The largest absolute Gasteiger partial charge is 0.459 e.